The molecule has 0 radical (unpaired) electrons. The van der Waals surface area contributed by atoms with Gasteiger partial charge < -0.3 is 9.64 Å². The molecule has 0 bridgehead atoms. The third-order valence-electron chi connectivity index (χ3n) is 5.55. The maximum absolute atomic E-state index is 13.6. The molecule has 2 aliphatic heterocycles. The van der Waals surface area contributed by atoms with Crippen LogP contribution in [0.4, 0.5) is 4.39 Å². The van der Waals surface area contributed by atoms with Crippen LogP contribution in [0.2, 0.25) is 0 Å². The van der Waals surface area contributed by atoms with E-state index in [0.717, 1.165) is 49.4 Å². The van der Waals surface area contributed by atoms with Gasteiger partial charge in [-0.3, -0.25) is 14.7 Å². The summed E-state index contributed by atoms with van der Waals surface area (Å²) in [5.74, 6) is 0.144. The van der Waals surface area contributed by atoms with Crippen molar-refractivity contribution in [1.29, 1.82) is 0 Å². The molecule has 4 rings (SSSR count). The molecule has 2 saturated heterocycles. The summed E-state index contributed by atoms with van der Waals surface area (Å²) in [7, 11) is 0. The van der Waals surface area contributed by atoms with E-state index in [1.807, 2.05) is 29.2 Å². The number of morpholine rings is 1. The Morgan fingerprint density at radius 2 is 1.96 bits per heavy atom. The topological polar surface area (TPSA) is 45.7 Å². The first kappa shape index (κ1) is 19.0. The van der Waals surface area contributed by atoms with Gasteiger partial charge in [0.1, 0.15) is 5.82 Å². The summed E-state index contributed by atoms with van der Waals surface area (Å²) in [6.07, 6.45) is 1.99. The van der Waals surface area contributed by atoms with Crippen molar-refractivity contribution in [3.63, 3.8) is 0 Å². The molecule has 0 saturated carbocycles. The fraction of sp³-hybridized carbons (Fsp3) is 0.455. The Balaban J connectivity index is 1.44. The number of carbonyl (C=O) groups is 1. The zero-order valence-electron chi connectivity index (χ0n) is 16.0. The molecule has 0 N–H and O–H groups in total. The van der Waals surface area contributed by atoms with E-state index in [-0.39, 0.29) is 17.6 Å². The predicted octanol–water partition coefficient (Wildman–Crippen LogP) is 2.93. The van der Waals surface area contributed by atoms with Crippen molar-refractivity contribution in [2.24, 2.45) is 0 Å². The number of amides is 1. The number of nitrogens with zero attached hydrogens (tertiary/aromatic N) is 3. The number of hydrogen-bond acceptors (Lipinski definition) is 4. The number of piperidine rings is 1. The highest BCUT2D eigenvalue weighted by Crippen LogP contribution is 2.28. The van der Waals surface area contributed by atoms with Gasteiger partial charge in [0.15, 0.2) is 0 Å². The molecule has 0 unspecified atom stereocenters. The minimum Gasteiger partial charge on any atom is -0.379 e. The van der Waals surface area contributed by atoms with Gasteiger partial charge in [-0.1, -0.05) is 18.2 Å². The molecule has 1 amide bonds. The standard InChI is InChI=1S/C22H26FN3O2/c23-19-6-1-4-17(14-19)20-7-2-8-21(24-20)18-5-3-9-26(15-18)22(27)16-25-10-12-28-13-11-25/h1-2,4,6-8,14,18H,3,5,9-13,15-16H2/t18-/m1/s1. The van der Waals surface area contributed by atoms with Gasteiger partial charge in [0.25, 0.3) is 0 Å². The lowest BCUT2D eigenvalue weighted by Crippen LogP contribution is -2.47. The van der Waals surface area contributed by atoms with E-state index >= 15 is 0 Å². The van der Waals surface area contributed by atoms with Gasteiger partial charge in [-0.2, -0.15) is 0 Å². The molecule has 1 aromatic carbocycles. The van der Waals surface area contributed by atoms with Crippen molar-refractivity contribution in [2.45, 2.75) is 18.8 Å². The van der Waals surface area contributed by atoms with Crippen LogP contribution in [0.25, 0.3) is 11.3 Å². The average molecular weight is 383 g/mol. The molecule has 3 heterocycles. The minimum atomic E-state index is -0.262. The highest BCUT2D eigenvalue weighted by molar-refractivity contribution is 5.78. The number of halogens is 1. The summed E-state index contributed by atoms with van der Waals surface area (Å²) in [5.41, 5.74) is 2.53. The van der Waals surface area contributed by atoms with Crippen molar-refractivity contribution < 1.29 is 13.9 Å². The first-order valence-electron chi connectivity index (χ1n) is 10.00. The van der Waals surface area contributed by atoms with Crippen molar-refractivity contribution >= 4 is 5.91 Å². The Labute approximate surface area is 165 Å². The van der Waals surface area contributed by atoms with E-state index in [0.29, 0.717) is 26.3 Å². The molecule has 2 fully saturated rings. The maximum atomic E-state index is 13.6. The van der Waals surface area contributed by atoms with Crippen LogP contribution in [0.3, 0.4) is 0 Å². The second-order valence-electron chi connectivity index (χ2n) is 7.53. The van der Waals surface area contributed by atoms with Gasteiger partial charge in [-0.05, 0) is 37.1 Å². The van der Waals surface area contributed by atoms with Crippen LogP contribution < -0.4 is 0 Å². The van der Waals surface area contributed by atoms with Gasteiger partial charge in [0.05, 0.1) is 25.5 Å². The van der Waals surface area contributed by atoms with E-state index in [1.54, 1.807) is 6.07 Å². The normalized spacial score (nSPS) is 20.9. The molecule has 2 aliphatic rings. The third-order valence-corrected chi connectivity index (χ3v) is 5.55. The Bertz CT molecular complexity index is 823. The molecular formula is C22H26FN3O2. The number of pyridine rings is 1. The summed E-state index contributed by atoms with van der Waals surface area (Å²) in [5, 5.41) is 0. The highest BCUT2D eigenvalue weighted by Gasteiger charge is 2.27. The zero-order chi connectivity index (χ0) is 19.3. The summed E-state index contributed by atoms with van der Waals surface area (Å²) in [6.45, 7) is 5.01. The van der Waals surface area contributed by atoms with Crippen LogP contribution in [-0.4, -0.2) is 66.6 Å². The minimum absolute atomic E-state index is 0.188. The van der Waals surface area contributed by atoms with Crippen LogP contribution in [-0.2, 0) is 9.53 Å². The molecule has 2 aromatic rings. The predicted molar refractivity (Wildman–Crippen MR) is 105 cm³/mol. The number of rotatable bonds is 4. The van der Waals surface area contributed by atoms with Crippen LogP contribution in [0.15, 0.2) is 42.5 Å². The molecule has 148 valence electrons. The first-order valence-corrected chi connectivity index (χ1v) is 10.00. The van der Waals surface area contributed by atoms with Crippen molar-refractivity contribution in [3.8, 4) is 11.3 Å². The van der Waals surface area contributed by atoms with Gasteiger partial charge in [-0.25, -0.2) is 4.39 Å². The van der Waals surface area contributed by atoms with Crippen LogP contribution >= 0.6 is 0 Å². The Hall–Kier alpha value is -2.31. The Morgan fingerprint density at radius 1 is 1.14 bits per heavy atom. The molecule has 1 atom stereocenters. The second-order valence-corrected chi connectivity index (χ2v) is 7.53. The first-order chi connectivity index (χ1) is 13.7. The molecule has 5 nitrogen and oxygen atoms in total. The molecule has 6 heteroatoms. The number of benzene rings is 1. The van der Waals surface area contributed by atoms with E-state index in [2.05, 4.69) is 4.90 Å². The lowest BCUT2D eigenvalue weighted by atomic mass is 9.93. The number of carbonyl (C=O) groups excluding carboxylic acids is 1. The van der Waals surface area contributed by atoms with Gasteiger partial charge >= 0.3 is 0 Å². The van der Waals surface area contributed by atoms with Gasteiger partial charge in [0, 0.05) is 43.4 Å². The largest absolute Gasteiger partial charge is 0.379 e. The Kier molecular flexibility index (Phi) is 5.98. The van der Waals surface area contributed by atoms with Gasteiger partial charge in [0.2, 0.25) is 5.91 Å². The molecule has 0 aliphatic carbocycles. The average Bonchev–Trinajstić information content (AvgIpc) is 2.75. The lowest BCUT2D eigenvalue weighted by Gasteiger charge is -2.35. The summed E-state index contributed by atoms with van der Waals surface area (Å²) in [6, 6.07) is 12.4. The summed E-state index contributed by atoms with van der Waals surface area (Å²) in [4.78, 5) is 21.7. The number of aromatic nitrogens is 1. The summed E-state index contributed by atoms with van der Waals surface area (Å²) >= 11 is 0. The molecule has 1 aromatic heterocycles. The smallest absolute Gasteiger partial charge is 0.236 e. The molecular weight excluding hydrogens is 357 g/mol. The lowest BCUT2D eigenvalue weighted by molar-refractivity contribution is -0.134. The highest BCUT2D eigenvalue weighted by atomic mass is 19.1. The quantitative estimate of drug-likeness (QED) is 0.814. The van der Waals surface area contributed by atoms with Crippen molar-refractivity contribution in [1.82, 2.24) is 14.8 Å². The molecule has 0 spiro atoms. The van der Waals surface area contributed by atoms with Crippen molar-refractivity contribution in [3.05, 3.63) is 54.0 Å². The number of hydrogen-bond donors (Lipinski definition) is 0. The fourth-order valence-corrected chi connectivity index (χ4v) is 3.98. The van der Waals surface area contributed by atoms with E-state index in [9.17, 15) is 9.18 Å². The summed E-state index contributed by atoms with van der Waals surface area (Å²) < 4.78 is 18.9. The third kappa shape index (κ3) is 4.56. The van der Waals surface area contributed by atoms with E-state index < -0.39 is 0 Å². The van der Waals surface area contributed by atoms with Crippen LogP contribution in [0.5, 0.6) is 0 Å². The maximum Gasteiger partial charge on any atom is 0.236 e. The van der Waals surface area contributed by atoms with Crippen molar-refractivity contribution in [2.75, 3.05) is 45.9 Å². The van der Waals surface area contributed by atoms with Crippen LogP contribution in [0, 0.1) is 5.82 Å². The molecule has 28 heavy (non-hydrogen) atoms. The van der Waals surface area contributed by atoms with E-state index in [1.165, 1.54) is 12.1 Å². The Morgan fingerprint density at radius 3 is 2.79 bits per heavy atom. The van der Waals surface area contributed by atoms with Gasteiger partial charge in [-0.15, -0.1) is 0 Å². The number of likely N-dealkylation sites (tertiary alicyclic amines) is 1. The van der Waals surface area contributed by atoms with E-state index in [4.69, 9.17) is 9.72 Å². The fourth-order valence-electron chi connectivity index (χ4n) is 3.98. The SMILES string of the molecule is O=C(CN1CCOCC1)N1CCC[C@@H](c2cccc(-c3cccc(F)c3)n2)C1. The van der Waals surface area contributed by atoms with Crippen LogP contribution in [0.1, 0.15) is 24.5 Å². The zero-order valence-corrected chi connectivity index (χ0v) is 16.0. The second kappa shape index (κ2) is 8.80. The number of ether oxygens (including phenoxy) is 1. The monoisotopic (exact) mass is 383 g/mol.